The van der Waals surface area contributed by atoms with Gasteiger partial charge in [0.05, 0.1) is 10.0 Å². The van der Waals surface area contributed by atoms with Crippen molar-refractivity contribution in [1.82, 2.24) is 4.98 Å². The molecule has 0 saturated carbocycles. The Balaban J connectivity index is 2.73. The molecule has 0 aliphatic carbocycles. The van der Waals surface area contributed by atoms with E-state index in [1.54, 1.807) is 12.1 Å². The van der Waals surface area contributed by atoms with Gasteiger partial charge in [0.15, 0.2) is 6.29 Å². The topological polar surface area (TPSA) is 56.0 Å². The van der Waals surface area contributed by atoms with Crippen molar-refractivity contribution >= 4 is 46.9 Å². The number of hydrogen-bond donors (Lipinski definition) is 1. The van der Waals surface area contributed by atoms with Gasteiger partial charge in [-0.15, -0.1) is 0 Å². The molecule has 1 aromatic carbocycles. The molecule has 0 fully saturated rings. The van der Waals surface area contributed by atoms with Crippen molar-refractivity contribution in [2.45, 2.75) is 0 Å². The molecule has 1 aromatic heterocycles. The summed E-state index contributed by atoms with van der Waals surface area (Å²) in [6.07, 6.45) is 2.13. The first-order valence-corrected chi connectivity index (χ1v) is 6.02. The number of pyridine rings is 1. The van der Waals surface area contributed by atoms with Crippen LogP contribution in [0.3, 0.4) is 0 Å². The third-order valence-corrected chi connectivity index (χ3v) is 3.17. The van der Waals surface area contributed by atoms with Gasteiger partial charge in [-0.05, 0) is 18.2 Å². The molecule has 0 aliphatic rings. The summed E-state index contributed by atoms with van der Waals surface area (Å²) in [6.45, 7) is 0. The molecule has 0 unspecified atom stereocenters. The third kappa shape index (κ3) is 2.43. The first-order valence-electron chi connectivity index (χ1n) is 4.88. The Bertz CT molecular complexity index is 606. The average molecular weight is 302 g/mol. The van der Waals surface area contributed by atoms with Crippen LogP contribution < -0.4 is 5.73 Å². The van der Waals surface area contributed by atoms with Gasteiger partial charge < -0.3 is 5.73 Å². The third-order valence-electron chi connectivity index (χ3n) is 2.36. The fourth-order valence-electron chi connectivity index (χ4n) is 1.59. The highest BCUT2D eigenvalue weighted by Gasteiger charge is 2.14. The Hall–Kier alpha value is -1.29. The van der Waals surface area contributed by atoms with Gasteiger partial charge in [-0.2, -0.15) is 0 Å². The summed E-state index contributed by atoms with van der Waals surface area (Å²) >= 11 is 18.0. The first-order chi connectivity index (χ1) is 8.52. The molecule has 0 atom stereocenters. The summed E-state index contributed by atoms with van der Waals surface area (Å²) < 4.78 is 0. The van der Waals surface area contributed by atoms with Crippen LogP contribution in [0.5, 0.6) is 0 Å². The van der Waals surface area contributed by atoms with E-state index in [-0.39, 0.29) is 5.82 Å². The molecule has 2 N–H and O–H groups in total. The second-order valence-corrected chi connectivity index (χ2v) is 4.81. The van der Waals surface area contributed by atoms with Gasteiger partial charge in [-0.3, -0.25) is 4.79 Å². The molecule has 2 rings (SSSR count). The Labute approximate surface area is 118 Å². The molecule has 0 amide bonds. The van der Waals surface area contributed by atoms with Crippen molar-refractivity contribution in [1.29, 1.82) is 0 Å². The minimum Gasteiger partial charge on any atom is -0.384 e. The molecule has 92 valence electrons. The lowest BCUT2D eigenvalue weighted by molar-refractivity contribution is 0.112. The molecule has 0 bridgehead atoms. The monoisotopic (exact) mass is 300 g/mol. The van der Waals surface area contributed by atoms with E-state index < -0.39 is 0 Å². The van der Waals surface area contributed by atoms with E-state index in [0.29, 0.717) is 38.0 Å². The maximum atomic E-state index is 11.0. The van der Waals surface area contributed by atoms with Crippen LogP contribution in [0.1, 0.15) is 10.4 Å². The number of nitrogens with two attached hydrogens (primary N) is 1. The quantitative estimate of drug-likeness (QED) is 0.849. The Morgan fingerprint density at radius 3 is 2.28 bits per heavy atom. The van der Waals surface area contributed by atoms with Crippen molar-refractivity contribution in [3.63, 3.8) is 0 Å². The van der Waals surface area contributed by atoms with Gasteiger partial charge in [0.1, 0.15) is 5.82 Å². The van der Waals surface area contributed by atoms with E-state index in [4.69, 9.17) is 40.5 Å². The van der Waals surface area contributed by atoms with Crippen molar-refractivity contribution in [2.75, 3.05) is 5.73 Å². The molecule has 2 aromatic rings. The number of hydrogen-bond acceptors (Lipinski definition) is 3. The predicted octanol–water partition coefficient (Wildman–Crippen LogP) is 4.10. The number of rotatable bonds is 2. The zero-order chi connectivity index (χ0) is 13.3. The molecule has 0 saturated heterocycles. The smallest absolute Gasteiger partial charge is 0.150 e. The molecule has 18 heavy (non-hydrogen) atoms. The molecule has 1 heterocycles. The zero-order valence-corrected chi connectivity index (χ0v) is 11.2. The van der Waals surface area contributed by atoms with Gasteiger partial charge in [0.2, 0.25) is 0 Å². The number of carbonyl (C=O) groups excluding carboxylic acids is 1. The molecule has 0 spiro atoms. The average Bonchev–Trinajstić information content (AvgIpc) is 2.29. The van der Waals surface area contributed by atoms with E-state index in [0.717, 1.165) is 0 Å². The minimum absolute atomic E-state index is 0.252. The predicted molar refractivity (Wildman–Crippen MR) is 74.5 cm³/mol. The Kier molecular flexibility index (Phi) is 3.76. The summed E-state index contributed by atoms with van der Waals surface area (Å²) in [5, 5.41) is 1.12. The normalized spacial score (nSPS) is 10.4. The molecule has 3 nitrogen and oxygen atoms in total. The molecule has 0 radical (unpaired) electrons. The van der Waals surface area contributed by atoms with E-state index in [1.807, 2.05) is 0 Å². The lowest BCUT2D eigenvalue weighted by Gasteiger charge is -2.10. The number of aromatic nitrogens is 1. The molecule has 0 aliphatic heterocycles. The minimum atomic E-state index is 0.252. The highest BCUT2D eigenvalue weighted by atomic mass is 35.5. The Morgan fingerprint density at radius 2 is 1.72 bits per heavy atom. The molecule has 6 heteroatoms. The number of benzene rings is 1. The largest absolute Gasteiger partial charge is 0.384 e. The lowest BCUT2D eigenvalue weighted by atomic mass is 10.0. The van der Waals surface area contributed by atoms with E-state index >= 15 is 0 Å². The van der Waals surface area contributed by atoms with E-state index in [9.17, 15) is 4.79 Å². The highest BCUT2D eigenvalue weighted by molar-refractivity contribution is 6.42. The van der Waals surface area contributed by atoms with Gasteiger partial charge in [0, 0.05) is 27.9 Å². The van der Waals surface area contributed by atoms with Crippen molar-refractivity contribution < 1.29 is 4.79 Å². The standard InChI is InChI=1S/C12H7Cl3N2O/c13-7-2-9(14)12(10(15)3-7)8-4-17-11(16)1-6(8)5-18/h1-5H,(H2,16,17). The number of anilines is 1. The summed E-state index contributed by atoms with van der Waals surface area (Å²) in [5.41, 5.74) is 6.92. The number of nitrogen functional groups attached to an aromatic ring is 1. The zero-order valence-electron chi connectivity index (χ0n) is 8.95. The van der Waals surface area contributed by atoms with Crippen molar-refractivity contribution in [3.8, 4) is 11.1 Å². The van der Waals surface area contributed by atoms with Crippen LogP contribution in [-0.4, -0.2) is 11.3 Å². The van der Waals surface area contributed by atoms with Gasteiger partial charge >= 0.3 is 0 Å². The van der Waals surface area contributed by atoms with Crippen molar-refractivity contribution in [2.24, 2.45) is 0 Å². The van der Waals surface area contributed by atoms with Crippen molar-refractivity contribution in [3.05, 3.63) is 45.0 Å². The van der Waals surface area contributed by atoms with Gasteiger partial charge in [0.25, 0.3) is 0 Å². The summed E-state index contributed by atoms with van der Waals surface area (Å²) in [6, 6.07) is 4.56. The fourth-order valence-corrected chi connectivity index (χ4v) is 2.61. The number of halogens is 3. The van der Waals surface area contributed by atoms with Crippen LogP contribution in [-0.2, 0) is 0 Å². The second-order valence-electron chi connectivity index (χ2n) is 3.56. The van der Waals surface area contributed by atoms with Crippen LogP contribution in [0.4, 0.5) is 5.82 Å². The van der Waals surface area contributed by atoms with E-state index in [1.165, 1.54) is 12.3 Å². The fraction of sp³-hybridized carbons (Fsp3) is 0. The molecular weight excluding hydrogens is 295 g/mol. The van der Waals surface area contributed by atoms with Crippen LogP contribution in [0, 0.1) is 0 Å². The summed E-state index contributed by atoms with van der Waals surface area (Å²) in [4.78, 5) is 15.0. The van der Waals surface area contributed by atoms with Crippen LogP contribution >= 0.6 is 34.8 Å². The van der Waals surface area contributed by atoms with Crippen LogP contribution in [0.2, 0.25) is 15.1 Å². The SMILES string of the molecule is Nc1cc(C=O)c(-c2c(Cl)cc(Cl)cc2Cl)cn1. The maximum Gasteiger partial charge on any atom is 0.150 e. The second kappa shape index (κ2) is 5.14. The van der Waals surface area contributed by atoms with E-state index in [2.05, 4.69) is 4.98 Å². The number of nitrogens with zero attached hydrogens (tertiary/aromatic N) is 1. The van der Waals surface area contributed by atoms with Crippen LogP contribution in [0.15, 0.2) is 24.4 Å². The highest BCUT2D eigenvalue weighted by Crippen LogP contribution is 2.38. The number of aldehydes is 1. The molecular formula is C12H7Cl3N2O. The first kappa shape index (κ1) is 13.1. The summed E-state index contributed by atoms with van der Waals surface area (Å²) in [5.74, 6) is 0.252. The number of carbonyl (C=O) groups is 1. The van der Waals surface area contributed by atoms with Gasteiger partial charge in [-0.1, -0.05) is 34.8 Å². The Morgan fingerprint density at radius 1 is 1.11 bits per heavy atom. The maximum absolute atomic E-state index is 11.0. The van der Waals surface area contributed by atoms with Gasteiger partial charge in [-0.25, -0.2) is 4.98 Å². The summed E-state index contributed by atoms with van der Waals surface area (Å²) in [7, 11) is 0. The lowest BCUT2D eigenvalue weighted by Crippen LogP contribution is -1.96. The van der Waals surface area contributed by atoms with Crippen LogP contribution in [0.25, 0.3) is 11.1 Å².